The van der Waals surface area contributed by atoms with Crippen molar-refractivity contribution in [2.45, 2.75) is 82.5 Å². The molecular formula is C23H37ClO5. The van der Waals surface area contributed by atoms with E-state index in [1.807, 2.05) is 24.3 Å². The zero-order valence-electron chi connectivity index (χ0n) is 17.7. The summed E-state index contributed by atoms with van der Waals surface area (Å²) in [5.41, 5.74) is 0. The van der Waals surface area contributed by atoms with E-state index in [0.29, 0.717) is 18.9 Å². The van der Waals surface area contributed by atoms with Crippen LogP contribution in [0.1, 0.15) is 58.8 Å². The van der Waals surface area contributed by atoms with Gasteiger partial charge in [-0.25, -0.2) is 4.79 Å². The van der Waals surface area contributed by atoms with E-state index >= 15 is 0 Å². The lowest BCUT2D eigenvalue weighted by Gasteiger charge is -2.25. The van der Waals surface area contributed by atoms with Crippen molar-refractivity contribution in [3.05, 3.63) is 24.3 Å². The molecule has 2 rings (SSSR count). The van der Waals surface area contributed by atoms with Gasteiger partial charge in [-0.1, -0.05) is 43.6 Å². The van der Waals surface area contributed by atoms with Crippen LogP contribution in [-0.2, 0) is 14.3 Å². The first kappa shape index (κ1) is 24.4. The van der Waals surface area contributed by atoms with Crippen LogP contribution in [0.4, 0.5) is 0 Å². The molecule has 5 atom stereocenters. The fourth-order valence-corrected chi connectivity index (χ4v) is 4.82. The predicted molar refractivity (Wildman–Crippen MR) is 115 cm³/mol. The van der Waals surface area contributed by atoms with E-state index in [0.717, 1.165) is 19.3 Å². The molecule has 0 heterocycles. The van der Waals surface area contributed by atoms with Crippen LogP contribution in [0, 0.1) is 17.8 Å². The third-order valence-electron chi connectivity index (χ3n) is 5.91. The summed E-state index contributed by atoms with van der Waals surface area (Å²) in [6, 6.07) is 0. The normalized spacial score (nSPS) is 29.9. The molecule has 5 nitrogen and oxygen atoms in total. The smallest absolute Gasteiger partial charge is 0.332 e. The van der Waals surface area contributed by atoms with Crippen molar-refractivity contribution in [3.8, 4) is 0 Å². The molecule has 0 unspecified atom stereocenters. The Morgan fingerprint density at radius 1 is 1.21 bits per heavy atom. The van der Waals surface area contributed by atoms with Gasteiger partial charge >= 0.3 is 5.97 Å². The van der Waals surface area contributed by atoms with E-state index in [1.54, 1.807) is 13.8 Å². The first-order valence-electron chi connectivity index (χ1n) is 11.0. The Hall–Kier alpha value is -0.880. The van der Waals surface area contributed by atoms with Gasteiger partial charge in [0.05, 0.1) is 24.9 Å². The molecule has 29 heavy (non-hydrogen) atoms. The summed E-state index contributed by atoms with van der Waals surface area (Å²) in [5.74, 6) is 0.0315. The quantitative estimate of drug-likeness (QED) is 0.238. The number of alkyl halides is 1. The molecular weight excluding hydrogens is 392 g/mol. The maximum Gasteiger partial charge on any atom is 0.332 e. The molecule has 2 aliphatic rings. The van der Waals surface area contributed by atoms with Crippen LogP contribution in [0.3, 0.4) is 0 Å². The summed E-state index contributed by atoms with van der Waals surface area (Å²) in [7, 11) is 0. The Balaban J connectivity index is 1.78. The number of hydrogen-bond acceptors (Lipinski definition) is 5. The predicted octanol–water partition coefficient (Wildman–Crippen LogP) is 4.00. The minimum absolute atomic E-state index is 0.0534. The summed E-state index contributed by atoms with van der Waals surface area (Å²) in [6.45, 7) is 3.87. The number of halogens is 1. The molecule has 166 valence electrons. The fraction of sp³-hybridized carbons (Fsp3) is 0.783. The second kappa shape index (κ2) is 12.7. The third-order valence-corrected chi connectivity index (χ3v) is 6.41. The minimum atomic E-state index is -0.479. The first-order chi connectivity index (χ1) is 13.9. The molecule has 0 aromatic rings. The second-order valence-corrected chi connectivity index (χ2v) is 9.16. The molecule has 0 aliphatic heterocycles. The van der Waals surface area contributed by atoms with Gasteiger partial charge in [0.1, 0.15) is 6.61 Å². The molecule has 0 amide bonds. The largest absolute Gasteiger partial charge is 0.461 e. The zero-order chi connectivity index (χ0) is 21.2. The van der Waals surface area contributed by atoms with E-state index < -0.39 is 12.2 Å². The van der Waals surface area contributed by atoms with Crippen LogP contribution in [0.25, 0.3) is 0 Å². The highest BCUT2D eigenvalue weighted by Crippen LogP contribution is 2.39. The Morgan fingerprint density at radius 2 is 1.93 bits per heavy atom. The number of rotatable bonds is 10. The van der Waals surface area contributed by atoms with Crippen LogP contribution >= 0.6 is 11.6 Å². The van der Waals surface area contributed by atoms with E-state index in [2.05, 4.69) is 0 Å². The van der Waals surface area contributed by atoms with Gasteiger partial charge in [0.25, 0.3) is 0 Å². The lowest BCUT2D eigenvalue weighted by molar-refractivity contribution is -0.152. The van der Waals surface area contributed by atoms with Gasteiger partial charge < -0.3 is 19.7 Å². The molecule has 0 saturated heterocycles. The molecule has 2 aliphatic carbocycles. The molecule has 2 saturated carbocycles. The van der Waals surface area contributed by atoms with Gasteiger partial charge in [0.15, 0.2) is 0 Å². The summed E-state index contributed by atoms with van der Waals surface area (Å²) in [4.78, 5) is 11.4. The standard InChI is InChI=1S/C23H37ClO5/c1-16(2)29-23(27)15-28-13-7-6-10-18-19(22(26)14-20(18)24)11-12-21(25)17-8-4-3-5-9-17/h6-7,11-12,16-22,25-26H,3-5,8-10,13-15H2,1-2H3/b7-6?,12-11+/t18-,19-,20-,21-,22-/m1/s1. The van der Waals surface area contributed by atoms with Gasteiger partial charge in [0, 0.05) is 11.3 Å². The second-order valence-electron chi connectivity index (χ2n) is 8.59. The van der Waals surface area contributed by atoms with Crippen LogP contribution in [0.15, 0.2) is 24.3 Å². The fourth-order valence-electron chi connectivity index (χ4n) is 4.37. The minimum Gasteiger partial charge on any atom is -0.461 e. The van der Waals surface area contributed by atoms with E-state index in [-0.39, 0.29) is 35.9 Å². The van der Waals surface area contributed by atoms with Crippen molar-refractivity contribution in [1.29, 1.82) is 0 Å². The zero-order valence-corrected chi connectivity index (χ0v) is 18.5. The van der Waals surface area contributed by atoms with Gasteiger partial charge in [-0.2, -0.15) is 0 Å². The van der Waals surface area contributed by atoms with E-state index in [1.165, 1.54) is 19.3 Å². The van der Waals surface area contributed by atoms with Crippen molar-refractivity contribution in [2.24, 2.45) is 17.8 Å². The molecule has 0 radical (unpaired) electrons. The topological polar surface area (TPSA) is 76.0 Å². The molecule has 2 N–H and O–H groups in total. The average molecular weight is 429 g/mol. The molecule has 0 aromatic heterocycles. The number of aliphatic hydroxyl groups is 2. The number of carbonyl (C=O) groups is 1. The summed E-state index contributed by atoms with van der Waals surface area (Å²) < 4.78 is 10.3. The maximum absolute atomic E-state index is 11.4. The molecule has 6 heteroatoms. The van der Waals surface area contributed by atoms with Crippen molar-refractivity contribution in [2.75, 3.05) is 13.2 Å². The number of ether oxygens (including phenoxy) is 2. The number of allylic oxidation sites excluding steroid dienone is 1. The average Bonchev–Trinajstić information content (AvgIpc) is 2.95. The van der Waals surface area contributed by atoms with E-state index in [9.17, 15) is 15.0 Å². The highest BCUT2D eigenvalue weighted by atomic mass is 35.5. The Kier molecular flexibility index (Phi) is 10.7. The monoisotopic (exact) mass is 428 g/mol. The highest BCUT2D eigenvalue weighted by Gasteiger charge is 2.39. The number of carbonyl (C=O) groups excluding carboxylic acids is 1. The number of esters is 1. The molecule has 0 bridgehead atoms. The van der Waals surface area contributed by atoms with Crippen LogP contribution in [0.5, 0.6) is 0 Å². The molecule has 0 aromatic carbocycles. The van der Waals surface area contributed by atoms with Crippen molar-refractivity contribution < 1.29 is 24.5 Å². The van der Waals surface area contributed by atoms with Crippen LogP contribution in [-0.4, -0.2) is 53.1 Å². The molecule has 2 fully saturated rings. The third kappa shape index (κ3) is 8.41. The highest BCUT2D eigenvalue weighted by molar-refractivity contribution is 6.21. The lowest BCUT2D eigenvalue weighted by atomic mass is 9.84. The van der Waals surface area contributed by atoms with Gasteiger partial charge in [-0.15, -0.1) is 11.6 Å². The van der Waals surface area contributed by atoms with Crippen LogP contribution in [0.2, 0.25) is 0 Å². The lowest BCUT2D eigenvalue weighted by Crippen LogP contribution is -2.23. The maximum atomic E-state index is 11.4. The van der Waals surface area contributed by atoms with E-state index in [4.69, 9.17) is 21.1 Å². The SMILES string of the molecule is CC(C)OC(=O)COCC=CC[C@@H]1[C@@H](/C=C/[C@@H](O)C2CCCCC2)[C@H](O)C[C@H]1Cl. The Morgan fingerprint density at radius 3 is 2.62 bits per heavy atom. The number of aliphatic hydroxyl groups excluding tert-OH is 2. The van der Waals surface area contributed by atoms with Crippen molar-refractivity contribution >= 4 is 17.6 Å². The Bertz CT molecular complexity index is 541. The van der Waals surface area contributed by atoms with Crippen molar-refractivity contribution in [1.82, 2.24) is 0 Å². The van der Waals surface area contributed by atoms with Crippen molar-refractivity contribution in [3.63, 3.8) is 0 Å². The molecule has 0 spiro atoms. The first-order valence-corrected chi connectivity index (χ1v) is 11.4. The van der Waals surface area contributed by atoms with Crippen LogP contribution < -0.4 is 0 Å². The van der Waals surface area contributed by atoms with Gasteiger partial charge in [-0.05, 0) is 51.4 Å². The summed E-state index contributed by atoms with van der Waals surface area (Å²) in [5, 5.41) is 20.8. The summed E-state index contributed by atoms with van der Waals surface area (Å²) in [6.07, 6.45) is 13.7. The Labute approximate surface area is 180 Å². The van der Waals surface area contributed by atoms with Gasteiger partial charge in [0.2, 0.25) is 0 Å². The van der Waals surface area contributed by atoms with Gasteiger partial charge in [-0.3, -0.25) is 0 Å². The number of hydrogen-bond donors (Lipinski definition) is 2. The summed E-state index contributed by atoms with van der Waals surface area (Å²) >= 11 is 6.48.